The number of aromatic carboxylic acids is 1. The van der Waals surface area contributed by atoms with E-state index in [4.69, 9.17) is 4.74 Å². The van der Waals surface area contributed by atoms with E-state index in [1.54, 1.807) is 17.6 Å². The molecule has 0 spiro atoms. The molecule has 144 valence electrons. The van der Waals surface area contributed by atoms with Gasteiger partial charge in [0.2, 0.25) is 5.43 Å². The molecule has 1 N–H and O–H groups in total. The van der Waals surface area contributed by atoms with Crippen molar-refractivity contribution < 1.29 is 19.0 Å². The second-order valence-corrected chi connectivity index (χ2v) is 6.91. The van der Waals surface area contributed by atoms with Crippen molar-refractivity contribution in [2.45, 2.75) is 27.3 Å². The number of hydrogen-bond acceptors (Lipinski definition) is 4. The number of morpholine rings is 1. The van der Waals surface area contributed by atoms with E-state index in [9.17, 15) is 19.1 Å². The Morgan fingerprint density at radius 2 is 1.96 bits per heavy atom. The molecular weight excluding hydrogens is 351 g/mol. The zero-order valence-corrected chi connectivity index (χ0v) is 15.7. The van der Waals surface area contributed by atoms with Crippen molar-refractivity contribution in [3.8, 4) is 0 Å². The molecule has 1 saturated heterocycles. The maximum Gasteiger partial charge on any atom is 0.341 e. The Labute approximate surface area is 156 Å². The van der Waals surface area contributed by atoms with Crippen LogP contribution in [0.15, 0.2) is 28.6 Å². The Balaban J connectivity index is 2.31. The second-order valence-electron chi connectivity index (χ2n) is 6.91. The summed E-state index contributed by atoms with van der Waals surface area (Å²) in [5.74, 6) is -1.83. The summed E-state index contributed by atoms with van der Waals surface area (Å²) in [5.41, 5.74) is 1.38. The summed E-state index contributed by atoms with van der Waals surface area (Å²) in [4.78, 5) is 26.2. The predicted molar refractivity (Wildman–Crippen MR) is 102 cm³/mol. The van der Waals surface area contributed by atoms with Crippen LogP contribution in [-0.2, 0) is 11.3 Å². The Morgan fingerprint density at radius 3 is 2.56 bits per heavy atom. The molecule has 0 bridgehead atoms. The number of carboxylic acid groups (broad SMARTS) is 1. The lowest BCUT2D eigenvalue weighted by atomic mass is 10.1. The van der Waals surface area contributed by atoms with Crippen LogP contribution < -0.4 is 10.3 Å². The average molecular weight is 374 g/mol. The van der Waals surface area contributed by atoms with Gasteiger partial charge >= 0.3 is 5.97 Å². The van der Waals surface area contributed by atoms with Gasteiger partial charge in [-0.1, -0.05) is 11.6 Å². The number of anilines is 1. The van der Waals surface area contributed by atoms with Gasteiger partial charge in [-0.25, -0.2) is 9.18 Å². The molecule has 1 aliphatic heterocycles. The number of ether oxygens (including phenoxy) is 1. The summed E-state index contributed by atoms with van der Waals surface area (Å²) in [7, 11) is 0. The molecule has 0 unspecified atom stereocenters. The Bertz CT molecular complexity index is 984. The highest BCUT2D eigenvalue weighted by molar-refractivity contribution is 5.95. The zero-order chi connectivity index (χ0) is 19.7. The first-order valence-corrected chi connectivity index (χ1v) is 8.87. The summed E-state index contributed by atoms with van der Waals surface area (Å²) in [6.45, 7) is 8.05. The van der Waals surface area contributed by atoms with E-state index in [0.717, 1.165) is 11.6 Å². The molecule has 0 radical (unpaired) electrons. The van der Waals surface area contributed by atoms with Gasteiger partial charge in [0.05, 0.1) is 24.4 Å². The van der Waals surface area contributed by atoms with Crippen LogP contribution in [-0.4, -0.2) is 41.9 Å². The smallest absolute Gasteiger partial charge is 0.341 e. The largest absolute Gasteiger partial charge is 0.477 e. The van der Waals surface area contributed by atoms with Crippen LogP contribution in [0.2, 0.25) is 0 Å². The molecule has 1 aromatic carbocycles. The van der Waals surface area contributed by atoms with Crippen molar-refractivity contribution in [1.29, 1.82) is 0 Å². The number of aromatic nitrogens is 1. The molecule has 1 fully saturated rings. The molecule has 6 nitrogen and oxygen atoms in total. The molecule has 0 atom stereocenters. The maximum atomic E-state index is 14.8. The molecule has 0 amide bonds. The third kappa shape index (κ3) is 3.60. The molecule has 27 heavy (non-hydrogen) atoms. The first kappa shape index (κ1) is 19.1. The first-order valence-electron chi connectivity index (χ1n) is 8.87. The summed E-state index contributed by atoms with van der Waals surface area (Å²) >= 11 is 0. The normalized spacial score (nSPS) is 14.4. The minimum absolute atomic E-state index is 0.0784. The SMILES string of the molecule is CC(C)=CCn1c(C)c(C(=O)O)c(=O)c2cc(F)c(N3CCOCC3)cc21. The summed E-state index contributed by atoms with van der Waals surface area (Å²) in [6, 6.07) is 2.81. The fourth-order valence-corrected chi connectivity index (χ4v) is 3.38. The molecule has 1 aromatic heterocycles. The Kier molecular flexibility index (Phi) is 5.32. The third-order valence-electron chi connectivity index (χ3n) is 4.84. The van der Waals surface area contributed by atoms with Gasteiger partial charge in [-0.2, -0.15) is 0 Å². The van der Waals surface area contributed by atoms with E-state index >= 15 is 0 Å². The van der Waals surface area contributed by atoms with Crippen LogP contribution in [0.5, 0.6) is 0 Å². The molecule has 2 heterocycles. The minimum atomic E-state index is -1.30. The van der Waals surface area contributed by atoms with Gasteiger partial charge in [0.1, 0.15) is 11.4 Å². The van der Waals surface area contributed by atoms with E-state index in [0.29, 0.717) is 49.7 Å². The number of hydrogen-bond donors (Lipinski definition) is 1. The quantitative estimate of drug-likeness (QED) is 0.833. The van der Waals surface area contributed by atoms with Crippen LogP contribution in [0.25, 0.3) is 10.9 Å². The molecular formula is C20H23FN2O4. The average Bonchev–Trinajstić information content (AvgIpc) is 2.62. The van der Waals surface area contributed by atoms with Crippen LogP contribution >= 0.6 is 0 Å². The predicted octanol–water partition coefficient (Wildman–Crippen LogP) is 2.95. The number of carbonyl (C=O) groups is 1. The lowest BCUT2D eigenvalue weighted by Crippen LogP contribution is -2.37. The molecule has 7 heteroatoms. The van der Waals surface area contributed by atoms with E-state index in [1.807, 2.05) is 24.8 Å². The molecule has 0 saturated carbocycles. The highest BCUT2D eigenvalue weighted by Crippen LogP contribution is 2.27. The Morgan fingerprint density at radius 1 is 1.30 bits per heavy atom. The summed E-state index contributed by atoms with van der Waals surface area (Å²) in [5, 5.41) is 9.57. The number of nitrogens with zero attached hydrogens (tertiary/aromatic N) is 2. The van der Waals surface area contributed by atoms with Gasteiger partial charge in [0, 0.05) is 30.7 Å². The highest BCUT2D eigenvalue weighted by Gasteiger charge is 2.22. The fraction of sp³-hybridized carbons (Fsp3) is 0.400. The van der Waals surface area contributed by atoms with Crippen LogP contribution in [0, 0.1) is 12.7 Å². The van der Waals surface area contributed by atoms with Gasteiger partial charge in [0.15, 0.2) is 0 Å². The monoisotopic (exact) mass is 374 g/mol. The van der Waals surface area contributed by atoms with E-state index in [1.165, 1.54) is 0 Å². The van der Waals surface area contributed by atoms with Crippen LogP contribution in [0.4, 0.5) is 10.1 Å². The topological polar surface area (TPSA) is 71.8 Å². The van der Waals surface area contributed by atoms with E-state index in [2.05, 4.69) is 0 Å². The molecule has 2 aromatic rings. The summed E-state index contributed by atoms with van der Waals surface area (Å²) < 4.78 is 21.9. The number of fused-ring (bicyclic) bond motifs is 1. The maximum absolute atomic E-state index is 14.8. The van der Waals surface area contributed by atoms with Crippen molar-refractivity contribution in [1.82, 2.24) is 4.57 Å². The molecule has 3 rings (SSSR count). The van der Waals surface area contributed by atoms with E-state index in [-0.39, 0.29) is 10.9 Å². The first-order chi connectivity index (χ1) is 12.8. The van der Waals surface area contributed by atoms with E-state index < -0.39 is 17.2 Å². The highest BCUT2D eigenvalue weighted by atomic mass is 19.1. The van der Waals surface area contributed by atoms with Gasteiger partial charge in [-0.05, 0) is 32.9 Å². The minimum Gasteiger partial charge on any atom is -0.477 e. The number of benzene rings is 1. The van der Waals surface area contributed by atoms with Crippen molar-refractivity contribution in [2.75, 3.05) is 31.2 Å². The molecule has 1 aliphatic rings. The molecule has 0 aliphatic carbocycles. The van der Waals surface area contributed by atoms with Crippen molar-refractivity contribution in [2.24, 2.45) is 0 Å². The summed E-state index contributed by atoms with van der Waals surface area (Å²) in [6.07, 6.45) is 1.94. The van der Waals surface area contributed by atoms with Crippen molar-refractivity contribution >= 4 is 22.6 Å². The lowest BCUT2D eigenvalue weighted by Gasteiger charge is -2.29. The van der Waals surface area contributed by atoms with Crippen LogP contribution in [0.3, 0.4) is 0 Å². The number of rotatable bonds is 4. The lowest BCUT2D eigenvalue weighted by molar-refractivity contribution is 0.0694. The number of allylic oxidation sites excluding steroid dienone is 2. The number of halogens is 1. The van der Waals surface area contributed by atoms with Gasteiger partial charge in [0.25, 0.3) is 0 Å². The van der Waals surface area contributed by atoms with Gasteiger partial charge in [-0.15, -0.1) is 0 Å². The standard InChI is InChI=1S/C20H23FN2O4/c1-12(2)4-5-23-13(3)18(20(25)26)19(24)14-10-15(21)17(11-16(14)23)22-6-8-27-9-7-22/h4,10-11H,5-9H2,1-3H3,(H,25,26). The van der Waals surface area contributed by atoms with Crippen LogP contribution in [0.1, 0.15) is 29.9 Å². The number of pyridine rings is 1. The fourth-order valence-electron chi connectivity index (χ4n) is 3.38. The number of carboxylic acids is 1. The van der Waals surface area contributed by atoms with Gasteiger partial charge < -0.3 is 19.3 Å². The van der Waals surface area contributed by atoms with Crippen molar-refractivity contribution in [3.05, 3.63) is 51.1 Å². The van der Waals surface area contributed by atoms with Gasteiger partial charge in [-0.3, -0.25) is 4.79 Å². The second kappa shape index (κ2) is 7.52. The third-order valence-corrected chi connectivity index (χ3v) is 4.84. The Hall–Kier alpha value is -2.67. The zero-order valence-electron chi connectivity index (χ0n) is 15.7. The van der Waals surface area contributed by atoms with Crippen molar-refractivity contribution in [3.63, 3.8) is 0 Å².